The van der Waals surface area contributed by atoms with E-state index in [4.69, 9.17) is 26.7 Å². The third kappa shape index (κ3) is 8.01. The summed E-state index contributed by atoms with van der Waals surface area (Å²) in [5.74, 6) is -0.496. The van der Waals surface area contributed by atoms with E-state index in [1.165, 1.54) is 21.3 Å². The zero-order valence-corrected chi connectivity index (χ0v) is 38.3. The molecule has 1 saturated heterocycles. The van der Waals surface area contributed by atoms with Gasteiger partial charge in [0.2, 0.25) is 0 Å². The maximum absolute atomic E-state index is 15.6. The van der Waals surface area contributed by atoms with Crippen molar-refractivity contribution in [1.82, 2.24) is 14.8 Å². The number of nitrogens with zero attached hydrogens (tertiary/aromatic N) is 5. The molecule has 322 valence electrons. The van der Waals surface area contributed by atoms with Gasteiger partial charge >= 0.3 is 6.09 Å². The van der Waals surface area contributed by atoms with Crippen LogP contribution in [0.2, 0.25) is 10.1 Å². The quantitative estimate of drug-likeness (QED) is 0.0883. The van der Waals surface area contributed by atoms with Crippen LogP contribution < -0.4 is 20.4 Å². The van der Waals surface area contributed by atoms with Gasteiger partial charge in [-0.1, -0.05) is 125 Å². The summed E-state index contributed by atoms with van der Waals surface area (Å²) in [4.78, 5) is 20.3. The number of carbonyl (C=O) groups is 1. The molecule has 0 saturated carbocycles. The highest BCUT2D eigenvalue weighted by Gasteiger charge is 2.50. The van der Waals surface area contributed by atoms with E-state index in [0.29, 0.717) is 16.8 Å². The molecule has 5 N–H and O–H groups in total. The van der Waals surface area contributed by atoms with E-state index in [0.717, 1.165) is 21.5 Å². The van der Waals surface area contributed by atoms with Crippen molar-refractivity contribution in [2.45, 2.75) is 85.0 Å². The van der Waals surface area contributed by atoms with Gasteiger partial charge in [-0.05, 0) is 88.0 Å². The van der Waals surface area contributed by atoms with Crippen molar-refractivity contribution in [2.24, 2.45) is 4.40 Å². The molecule has 0 aliphatic carbocycles. The SMILES string of the molecule is Cc1cc(CO[Si](c2ccccc2)(c2ccccc2)C(C)(C)C)cc(C(C)C)c1N1c2nc(-c3c(N)cccc3F)c(Cl)cc2C(N2C[C@@H](C)N(C(=O)O)C[C@@H]2C)=NS1(O)O. The molecule has 5 aromatic rings. The molecule has 0 bridgehead atoms. The van der Waals surface area contributed by atoms with E-state index in [-0.39, 0.29) is 64.3 Å². The number of hydrogen-bond acceptors (Lipinski definition) is 9. The maximum Gasteiger partial charge on any atom is 0.407 e. The fraction of sp³-hybridized carbons (Fsp3) is 0.326. The minimum atomic E-state index is -4.11. The standard InChI is InChI=1S/C46H54ClFN6O5SSi/c1-28(2)35-23-32(27-59-61(46(6,7)8,33-16-11-9-12-17-33)34-18-13-10-14-19-34)22-29(3)42(35)54-43-36(24-37(47)41(50-43)40-38(48)20-15-21-39(40)49)44(51-60(54,57)58)52-25-31(5)53(45(55)56)26-30(52)4/h9-24,28,30-31,57-58H,25-27,49H2,1-8H3,(H,55,56)/t30-,31+/m0/s1. The zero-order valence-electron chi connectivity index (χ0n) is 35.7. The second-order valence-corrected chi connectivity index (χ2v) is 23.6. The second kappa shape index (κ2) is 16.7. The molecule has 61 heavy (non-hydrogen) atoms. The highest BCUT2D eigenvalue weighted by Crippen LogP contribution is 2.59. The van der Waals surface area contributed by atoms with Gasteiger partial charge in [-0.25, -0.2) is 18.5 Å². The summed E-state index contributed by atoms with van der Waals surface area (Å²) in [6.45, 7) is 16.9. The largest absolute Gasteiger partial charge is 0.465 e. The average Bonchev–Trinajstić information content (AvgIpc) is 3.19. The van der Waals surface area contributed by atoms with Crippen LogP contribution in [0.3, 0.4) is 0 Å². The molecule has 7 rings (SSSR count). The third-order valence-corrected chi connectivity index (χ3v) is 18.3. The minimum Gasteiger partial charge on any atom is -0.465 e. The fourth-order valence-corrected chi connectivity index (χ4v) is 15.0. The van der Waals surface area contributed by atoms with E-state index in [1.54, 1.807) is 19.1 Å². The lowest BCUT2D eigenvalue weighted by molar-refractivity contribution is 0.0750. The van der Waals surface area contributed by atoms with E-state index < -0.39 is 43.3 Å². The number of aryl methyl sites for hydroxylation is 1. The molecule has 0 spiro atoms. The van der Waals surface area contributed by atoms with Crippen LogP contribution in [0.1, 0.15) is 76.6 Å². The van der Waals surface area contributed by atoms with Crippen molar-refractivity contribution in [3.05, 3.63) is 130 Å². The van der Waals surface area contributed by atoms with Gasteiger partial charge in [0, 0.05) is 30.9 Å². The average molecular weight is 886 g/mol. The highest BCUT2D eigenvalue weighted by atomic mass is 35.5. The summed E-state index contributed by atoms with van der Waals surface area (Å²) in [6.07, 6.45) is -1.05. The van der Waals surface area contributed by atoms with E-state index >= 15 is 4.39 Å². The first-order chi connectivity index (χ1) is 28.8. The fourth-order valence-electron chi connectivity index (χ4n) is 8.85. The highest BCUT2D eigenvalue weighted by molar-refractivity contribution is 8.24. The molecular weight excluding hydrogens is 831 g/mol. The zero-order chi connectivity index (χ0) is 44.2. The number of pyridine rings is 1. The minimum absolute atomic E-state index is 0.0219. The Hall–Kier alpha value is -4.96. The monoisotopic (exact) mass is 884 g/mol. The molecule has 0 radical (unpaired) electrons. The number of hydrogen-bond donors (Lipinski definition) is 4. The van der Waals surface area contributed by atoms with Crippen molar-refractivity contribution in [1.29, 1.82) is 0 Å². The molecule has 2 aliphatic heterocycles. The van der Waals surface area contributed by atoms with Crippen molar-refractivity contribution in [3.63, 3.8) is 0 Å². The Bertz CT molecular complexity index is 2430. The first-order valence-corrected chi connectivity index (χ1v) is 24.1. The molecule has 1 amide bonds. The smallest absolute Gasteiger partial charge is 0.407 e. The number of halogens is 2. The van der Waals surface area contributed by atoms with Crippen LogP contribution in [0.25, 0.3) is 11.3 Å². The first kappa shape index (κ1) is 44.1. The first-order valence-electron chi connectivity index (χ1n) is 20.3. The van der Waals surface area contributed by atoms with Gasteiger partial charge in [0.1, 0.15) is 5.82 Å². The number of rotatable bonds is 8. The summed E-state index contributed by atoms with van der Waals surface area (Å²) in [6, 6.07) is 29.9. The van der Waals surface area contributed by atoms with Crippen LogP contribution in [0.15, 0.2) is 101 Å². The molecule has 0 unspecified atom stereocenters. The summed E-state index contributed by atoms with van der Waals surface area (Å²) in [5.41, 5.74) is 9.68. The Morgan fingerprint density at radius 3 is 2.15 bits per heavy atom. The Labute approximate surface area is 365 Å². The lowest BCUT2D eigenvalue weighted by atomic mass is 9.95. The van der Waals surface area contributed by atoms with Crippen LogP contribution in [-0.2, 0) is 11.0 Å². The lowest BCUT2D eigenvalue weighted by Gasteiger charge is -2.49. The van der Waals surface area contributed by atoms with Crippen molar-refractivity contribution in [2.75, 3.05) is 23.1 Å². The molecule has 15 heteroatoms. The molecule has 2 aliphatic rings. The number of nitrogen functional groups attached to an aromatic ring is 1. The molecule has 1 aromatic heterocycles. The Morgan fingerprint density at radius 1 is 0.967 bits per heavy atom. The number of amidine groups is 1. The van der Waals surface area contributed by atoms with Gasteiger partial charge in [0.05, 0.1) is 34.1 Å². The van der Waals surface area contributed by atoms with E-state index in [1.807, 2.05) is 56.9 Å². The number of fused-ring (bicyclic) bond motifs is 1. The second-order valence-electron chi connectivity index (χ2n) is 17.3. The summed E-state index contributed by atoms with van der Waals surface area (Å²) >= 11 is 6.97. The number of carboxylic acid groups (broad SMARTS) is 1. The lowest BCUT2D eigenvalue weighted by Crippen LogP contribution is -2.66. The number of aromatic nitrogens is 1. The van der Waals surface area contributed by atoms with Gasteiger partial charge in [-0.15, -0.1) is 4.40 Å². The Morgan fingerprint density at radius 2 is 1.59 bits per heavy atom. The van der Waals surface area contributed by atoms with Crippen LogP contribution in [0.5, 0.6) is 0 Å². The van der Waals surface area contributed by atoms with Crippen LogP contribution in [0, 0.1) is 12.7 Å². The van der Waals surface area contributed by atoms with Gasteiger partial charge < -0.3 is 25.1 Å². The number of nitrogens with two attached hydrogens (primary N) is 1. The van der Waals surface area contributed by atoms with Gasteiger partial charge in [0.25, 0.3) is 8.32 Å². The summed E-state index contributed by atoms with van der Waals surface area (Å²) in [7, 11) is -7.03. The third-order valence-electron chi connectivity index (χ3n) is 11.7. The van der Waals surface area contributed by atoms with Crippen LogP contribution in [-0.4, -0.2) is 74.4 Å². The molecule has 3 heterocycles. The van der Waals surface area contributed by atoms with Gasteiger partial charge in [-0.3, -0.25) is 9.11 Å². The normalized spacial score (nSPS) is 18.5. The van der Waals surface area contributed by atoms with E-state index in [9.17, 15) is 19.0 Å². The van der Waals surface area contributed by atoms with Crippen molar-refractivity contribution >= 4 is 70.4 Å². The molecule has 11 nitrogen and oxygen atoms in total. The summed E-state index contributed by atoms with van der Waals surface area (Å²) in [5, 5.41) is 12.0. The topological polar surface area (TPSA) is 148 Å². The van der Waals surface area contributed by atoms with Crippen molar-refractivity contribution < 1.29 is 27.8 Å². The maximum atomic E-state index is 15.6. The Balaban J connectivity index is 1.40. The molecule has 2 atom stereocenters. The number of anilines is 3. The molecular formula is C46H54ClFN6O5SSi. The van der Waals surface area contributed by atoms with Gasteiger partial charge in [0.15, 0.2) is 11.7 Å². The molecule has 4 aromatic carbocycles. The number of piperazine rings is 1. The predicted octanol–water partition coefficient (Wildman–Crippen LogP) is 10.2. The van der Waals surface area contributed by atoms with Crippen molar-refractivity contribution in [3.8, 4) is 11.3 Å². The summed E-state index contributed by atoms with van der Waals surface area (Å²) < 4.78 is 53.7. The predicted molar refractivity (Wildman–Crippen MR) is 249 cm³/mol. The number of benzene rings is 4. The molecule has 1 fully saturated rings. The van der Waals surface area contributed by atoms with Crippen LogP contribution in [0.4, 0.5) is 26.4 Å². The van der Waals surface area contributed by atoms with Gasteiger partial charge in [-0.2, -0.15) is 0 Å². The van der Waals surface area contributed by atoms with Crippen LogP contribution >= 0.6 is 22.6 Å². The van der Waals surface area contributed by atoms with E-state index in [2.05, 4.69) is 73.7 Å². The Kier molecular flexibility index (Phi) is 12.1. The number of amides is 1.